The Bertz CT molecular complexity index is 1500. The number of aromatic amines is 1. The molecule has 3 aliphatic rings. The van der Waals surface area contributed by atoms with Crippen LogP contribution >= 0.6 is 0 Å². The fourth-order valence-corrected chi connectivity index (χ4v) is 6.23. The lowest BCUT2D eigenvalue weighted by Crippen LogP contribution is -2.47. The number of H-pyrrole nitrogens is 1. The number of fused-ring (bicyclic) bond motifs is 4. The molecule has 0 saturated heterocycles. The second-order valence-corrected chi connectivity index (χ2v) is 9.92. The largest absolute Gasteiger partial charge is 0.364 e. The number of benzene rings is 1. The molecule has 3 heterocycles. The van der Waals surface area contributed by atoms with E-state index in [0.717, 1.165) is 18.9 Å². The zero-order chi connectivity index (χ0) is 25.0. The van der Waals surface area contributed by atoms with Crippen molar-refractivity contribution in [3.63, 3.8) is 0 Å². The molecule has 8 heteroatoms. The standard InChI is InChI=1S/C28H24F3N5/c1-14-15-5-7-16(8-6-15)24(14)35-28-23(31)22(17-4-3-9-33-12-17)27(32-2)26(36-28)20-13-34-25-19(20)10-18(29)11-21(25)30/h3-4,9-16,24,34H,5-8H2,1H3,(H,35,36). The van der Waals surface area contributed by atoms with Crippen LogP contribution in [0.5, 0.6) is 0 Å². The first kappa shape index (κ1) is 22.6. The molecule has 0 amide bonds. The zero-order valence-electron chi connectivity index (χ0n) is 19.7. The zero-order valence-corrected chi connectivity index (χ0v) is 19.7. The lowest BCUT2D eigenvalue weighted by atomic mass is 9.62. The van der Waals surface area contributed by atoms with Gasteiger partial charge in [0.1, 0.15) is 11.6 Å². The number of hydrogen-bond donors (Lipinski definition) is 2. The molecule has 3 fully saturated rings. The molecular formula is C28H24F3N5. The Labute approximate surface area is 206 Å². The van der Waals surface area contributed by atoms with Gasteiger partial charge in [0.15, 0.2) is 11.6 Å². The van der Waals surface area contributed by atoms with Gasteiger partial charge in [-0.3, -0.25) is 4.98 Å². The Balaban J connectivity index is 1.58. The second kappa shape index (κ2) is 8.66. The smallest absolute Gasteiger partial charge is 0.223 e. The molecule has 0 radical (unpaired) electrons. The first-order valence-electron chi connectivity index (χ1n) is 12.2. The van der Waals surface area contributed by atoms with Crippen LogP contribution in [0.2, 0.25) is 0 Å². The summed E-state index contributed by atoms with van der Waals surface area (Å²) >= 11 is 0. The van der Waals surface area contributed by atoms with Crippen LogP contribution in [0, 0.1) is 41.8 Å². The van der Waals surface area contributed by atoms with Crippen molar-refractivity contribution in [2.75, 3.05) is 5.32 Å². The Morgan fingerprint density at radius 3 is 2.58 bits per heavy atom. The van der Waals surface area contributed by atoms with Crippen LogP contribution in [0.1, 0.15) is 32.6 Å². The first-order valence-corrected chi connectivity index (χ1v) is 12.2. The molecule has 5 nitrogen and oxygen atoms in total. The molecule has 1 aromatic carbocycles. The van der Waals surface area contributed by atoms with Gasteiger partial charge in [0.25, 0.3) is 0 Å². The number of nitrogens with zero attached hydrogens (tertiary/aromatic N) is 3. The second-order valence-electron chi connectivity index (χ2n) is 9.92. The molecule has 3 aromatic heterocycles. The predicted molar refractivity (Wildman–Crippen MR) is 133 cm³/mol. The van der Waals surface area contributed by atoms with Gasteiger partial charge >= 0.3 is 0 Å². The lowest BCUT2D eigenvalue weighted by molar-refractivity contribution is 0.0926. The van der Waals surface area contributed by atoms with Crippen molar-refractivity contribution in [1.29, 1.82) is 0 Å². The third-order valence-electron chi connectivity index (χ3n) is 8.07. The van der Waals surface area contributed by atoms with E-state index in [9.17, 15) is 8.78 Å². The summed E-state index contributed by atoms with van der Waals surface area (Å²) in [6, 6.07) is 5.42. The molecule has 36 heavy (non-hydrogen) atoms. The van der Waals surface area contributed by atoms with Gasteiger partial charge < -0.3 is 10.3 Å². The minimum Gasteiger partial charge on any atom is -0.364 e. The van der Waals surface area contributed by atoms with E-state index in [0.29, 0.717) is 28.9 Å². The minimum atomic E-state index is -0.749. The van der Waals surface area contributed by atoms with Crippen molar-refractivity contribution in [3.05, 3.63) is 71.7 Å². The van der Waals surface area contributed by atoms with E-state index in [-0.39, 0.29) is 39.7 Å². The Kier molecular flexibility index (Phi) is 5.44. The highest BCUT2D eigenvalue weighted by atomic mass is 19.1. The van der Waals surface area contributed by atoms with E-state index >= 15 is 4.39 Å². The predicted octanol–water partition coefficient (Wildman–Crippen LogP) is 7.50. The van der Waals surface area contributed by atoms with Gasteiger partial charge in [-0.05, 0) is 61.1 Å². The van der Waals surface area contributed by atoms with Crippen molar-refractivity contribution in [1.82, 2.24) is 15.0 Å². The number of aromatic nitrogens is 3. The molecule has 0 aliphatic heterocycles. The quantitative estimate of drug-likeness (QED) is 0.293. The summed E-state index contributed by atoms with van der Waals surface area (Å²) in [7, 11) is 0. The summed E-state index contributed by atoms with van der Waals surface area (Å²) in [6.07, 6.45) is 9.14. The maximum absolute atomic E-state index is 16.2. The van der Waals surface area contributed by atoms with Gasteiger partial charge in [0.2, 0.25) is 5.69 Å². The van der Waals surface area contributed by atoms with Gasteiger partial charge in [-0.25, -0.2) is 23.0 Å². The number of nitrogens with one attached hydrogen (secondary N) is 2. The minimum absolute atomic E-state index is 0.0326. The number of pyridine rings is 2. The first-order chi connectivity index (χ1) is 17.5. The molecule has 2 N–H and O–H groups in total. The molecule has 182 valence electrons. The van der Waals surface area contributed by atoms with Crippen LogP contribution in [0.25, 0.3) is 38.1 Å². The maximum atomic E-state index is 16.2. The molecule has 3 saturated carbocycles. The van der Waals surface area contributed by atoms with Crippen molar-refractivity contribution in [3.8, 4) is 22.4 Å². The maximum Gasteiger partial charge on any atom is 0.223 e. The van der Waals surface area contributed by atoms with E-state index < -0.39 is 17.5 Å². The molecule has 2 unspecified atom stereocenters. The fourth-order valence-electron chi connectivity index (χ4n) is 6.23. The van der Waals surface area contributed by atoms with Crippen molar-refractivity contribution < 1.29 is 13.2 Å². The van der Waals surface area contributed by atoms with Crippen LogP contribution in [0.15, 0.2) is 42.9 Å². The van der Waals surface area contributed by atoms with Gasteiger partial charge in [0.05, 0.1) is 17.8 Å². The van der Waals surface area contributed by atoms with Crippen molar-refractivity contribution >= 4 is 22.4 Å². The van der Waals surface area contributed by atoms with E-state index in [4.69, 9.17) is 6.57 Å². The number of hydrogen-bond acceptors (Lipinski definition) is 3. The summed E-state index contributed by atoms with van der Waals surface area (Å²) in [5, 5.41) is 3.64. The molecule has 7 rings (SSSR count). The van der Waals surface area contributed by atoms with Crippen molar-refractivity contribution in [2.45, 2.75) is 38.6 Å². The van der Waals surface area contributed by atoms with Crippen LogP contribution in [0.4, 0.5) is 24.7 Å². The third kappa shape index (κ3) is 3.53. The summed E-state index contributed by atoms with van der Waals surface area (Å²) in [4.78, 5) is 15.2. The number of rotatable bonds is 4. The van der Waals surface area contributed by atoms with E-state index in [1.807, 2.05) is 0 Å². The lowest BCUT2D eigenvalue weighted by Gasteiger charge is -2.47. The SMILES string of the molecule is [C-]#[N+]c1c(-c2c[nH]c3c(F)cc(F)cc23)nc(NC2C3CCC(CC3)C2C)c(F)c1-c1cccnc1. The van der Waals surface area contributed by atoms with Crippen LogP contribution < -0.4 is 5.32 Å². The average Bonchev–Trinajstić information content (AvgIpc) is 3.31. The Morgan fingerprint density at radius 1 is 1.11 bits per heavy atom. The highest BCUT2D eigenvalue weighted by Gasteiger charge is 2.42. The number of halogens is 3. The highest BCUT2D eigenvalue weighted by molar-refractivity contribution is 6.01. The summed E-state index contributed by atoms with van der Waals surface area (Å²) in [5.41, 5.74) is 1.07. The van der Waals surface area contributed by atoms with Crippen LogP contribution in [-0.2, 0) is 0 Å². The van der Waals surface area contributed by atoms with Gasteiger partial charge in [-0.2, -0.15) is 0 Å². The average molecular weight is 488 g/mol. The van der Waals surface area contributed by atoms with Crippen LogP contribution in [-0.4, -0.2) is 21.0 Å². The van der Waals surface area contributed by atoms with Gasteiger partial charge in [-0.15, -0.1) is 0 Å². The third-order valence-corrected chi connectivity index (χ3v) is 8.07. The Morgan fingerprint density at radius 2 is 1.89 bits per heavy atom. The fraction of sp³-hybridized carbons (Fsp3) is 0.321. The van der Waals surface area contributed by atoms with Gasteiger partial charge in [0, 0.05) is 47.2 Å². The van der Waals surface area contributed by atoms with Crippen molar-refractivity contribution in [2.24, 2.45) is 17.8 Å². The molecule has 2 bridgehead atoms. The van der Waals surface area contributed by atoms with E-state index in [1.54, 1.807) is 18.3 Å². The Hall–Kier alpha value is -3.86. The molecule has 4 aromatic rings. The summed E-state index contributed by atoms with van der Waals surface area (Å²) in [6.45, 7) is 10.1. The summed E-state index contributed by atoms with van der Waals surface area (Å²) in [5.74, 6) is -0.690. The normalized spacial score (nSPS) is 23.1. The number of anilines is 1. The molecule has 0 spiro atoms. The highest BCUT2D eigenvalue weighted by Crippen LogP contribution is 2.48. The molecule has 3 aliphatic carbocycles. The van der Waals surface area contributed by atoms with E-state index in [2.05, 4.69) is 32.0 Å². The monoisotopic (exact) mass is 487 g/mol. The van der Waals surface area contributed by atoms with E-state index in [1.165, 1.54) is 31.3 Å². The topological polar surface area (TPSA) is 58.0 Å². The molecule has 2 atom stereocenters. The summed E-state index contributed by atoms with van der Waals surface area (Å²) < 4.78 is 44.8. The van der Waals surface area contributed by atoms with Gasteiger partial charge in [-0.1, -0.05) is 13.0 Å². The molecular weight excluding hydrogens is 463 g/mol. The van der Waals surface area contributed by atoms with Crippen LogP contribution in [0.3, 0.4) is 0 Å².